The van der Waals surface area contributed by atoms with Gasteiger partial charge in [0.05, 0.1) is 17.5 Å². The summed E-state index contributed by atoms with van der Waals surface area (Å²) in [6.45, 7) is 0. The van der Waals surface area contributed by atoms with Crippen LogP contribution in [0.4, 0.5) is 14.6 Å². The van der Waals surface area contributed by atoms with Gasteiger partial charge in [0.2, 0.25) is 5.95 Å². The average Bonchev–Trinajstić information content (AvgIpc) is 3.29. The monoisotopic (exact) mass is 312 g/mol. The number of hydrogen-bond donors (Lipinski definition) is 2. The molecular weight excluding hydrogens is 302 g/mol. The maximum absolute atomic E-state index is 14.3. The molecule has 0 amide bonds. The average molecular weight is 312 g/mol. The van der Waals surface area contributed by atoms with Crippen LogP contribution in [0.3, 0.4) is 0 Å². The fourth-order valence-electron chi connectivity index (χ4n) is 2.71. The topological polar surface area (TPSA) is 104 Å². The Balaban J connectivity index is 2.05. The zero-order chi connectivity index (χ0) is 16.1. The number of nitrogens with zero attached hydrogens (tertiary/aromatic N) is 4. The molecule has 3 heterocycles. The highest BCUT2D eigenvalue weighted by molar-refractivity contribution is 5.91. The molecule has 8 heteroatoms. The van der Waals surface area contributed by atoms with Crippen LogP contribution in [0.1, 0.15) is 29.9 Å². The Morgan fingerprint density at radius 2 is 2.09 bits per heavy atom. The Kier molecular flexibility index (Phi) is 2.78. The number of nitrogen functional groups attached to an aromatic ring is 1. The van der Waals surface area contributed by atoms with Crippen molar-refractivity contribution in [3.63, 3.8) is 0 Å². The van der Waals surface area contributed by atoms with Crippen molar-refractivity contribution in [3.05, 3.63) is 35.3 Å². The third-order valence-electron chi connectivity index (χ3n) is 3.90. The number of nitrogens with two attached hydrogens (primary N) is 1. The number of rotatable bonds is 2. The van der Waals surface area contributed by atoms with E-state index in [1.54, 1.807) is 0 Å². The van der Waals surface area contributed by atoms with Gasteiger partial charge in [-0.25, -0.2) is 19.3 Å². The molecule has 0 unspecified atom stereocenters. The largest absolute Gasteiger partial charge is 0.381 e. The van der Waals surface area contributed by atoms with Crippen LogP contribution >= 0.6 is 0 Å². The number of fused-ring (bicyclic) bond motifs is 1. The molecule has 0 saturated heterocycles. The second-order valence-corrected chi connectivity index (χ2v) is 5.43. The summed E-state index contributed by atoms with van der Waals surface area (Å²) in [4.78, 5) is 14.5. The van der Waals surface area contributed by atoms with Crippen molar-refractivity contribution in [3.8, 4) is 17.3 Å². The predicted octanol–water partition coefficient (Wildman–Crippen LogP) is 2.63. The van der Waals surface area contributed by atoms with Crippen LogP contribution in [-0.4, -0.2) is 19.9 Å². The van der Waals surface area contributed by atoms with E-state index in [-0.39, 0.29) is 34.1 Å². The molecule has 3 N–H and O–H groups in total. The predicted molar refractivity (Wildman–Crippen MR) is 78.1 cm³/mol. The first-order valence-electron chi connectivity index (χ1n) is 6.99. The van der Waals surface area contributed by atoms with E-state index in [2.05, 4.69) is 19.9 Å². The van der Waals surface area contributed by atoms with Gasteiger partial charge in [-0.2, -0.15) is 9.65 Å². The van der Waals surface area contributed by atoms with Gasteiger partial charge < -0.3 is 10.7 Å². The normalized spacial score (nSPS) is 14.1. The number of aromatic amines is 1. The molecule has 0 bridgehead atoms. The maximum atomic E-state index is 14.3. The van der Waals surface area contributed by atoms with Crippen molar-refractivity contribution in [2.45, 2.75) is 18.8 Å². The summed E-state index contributed by atoms with van der Waals surface area (Å²) in [5.74, 6) is -1.71. The van der Waals surface area contributed by atoms with Crippen molar-refractivity contribution >= 4 is 17.0 Å². The molecule has 0 aliphatic heterocycles. The first-order valence-corrected chi connectivity index (χ1v) is 6.99. The fourth-order valence-corrected chi connectivity index (χ4v) is 2.71. The molecule has 6 nitrogen and oxygen atoms in total. The molecule has 3 aromatic heterocycles. The molecule has 3 aromatic rings. The Morgan fingerprint density at radius 1 is 1.30 bits per heavy atom. The summed E-state index contributed by atoms with van der Waals surface area (Å²) in [7, 11) is 0. The summed E-state index contributed by atoms with van der Waals surface area (Å²) in [5.41, 5.74) is 7.22. The highest BCUT2D eigenvalue weighted by Gasteiger charge is 2.33. The van der Waals surface area contributed by atoms with Gasteiger partial charge >= 0.3 is 0 Å². The number of nitriles is 1. The highest BCUT2D eigenvalue weighted by atomic mass is 19.1. The number of anilines is 1. The van der Waals surface area contributed by atoms with Gasteiger partial charge in [-0.1, -0.05) is 0 Å². The number of nitrogens with one attached hydrogen (secondary N) is 1. The Hall–Kier alpha value is -3.08. The van der Waals surface area contributed by atoms with Gasteiger partial charge in [-0.15, -0.1) is 0 Å². The van der Waals surface area contributed by atoms with Crippen LogP contribution in [0.5, 0.6) is 0 Å². The van der Waals surface area contributed by atoms with Crippen LogP contribution in [0, 0.1) is 23.1 Å². The van der Waals surface area contributed by atoms with E-state index in [4.69, 9.17) is 5.73 Å². The minimum atomic E-state index is -0.755. The Labute approximate surface area is 129 Å². The van der Waals surface area contributed by atoms with Crippen LogP contribution < -0.4 is 5.73 Å². The smallest absolute Gasteiger partial charge is 0.232 e. The van der Waals surface area contributed by atoms with Gasteiger partial charge in [-0.3, -0.25) is 0 Å². The molecule has 0 spiro atoms. The van der Waals surface area contributed by atoms with E-state index in [1.165, 1.54) is 6.20 Å². The third-order valence-corrected chi connectivity index (χ3v) is 3.90. The Bertz CT molecular complexity index is 984. The first-order chi connectivity index (χ1) is 11.1. The first kappa shape index (κ1) is 13.6. The van der Waals surface area contributed by atoms with Crippen LogP contribution in [0.15, 0.2) is 12.4 Å². The second-order valence-electron chi connectivity index (χ2n) is 5.43. The third kappa shape index (κ3) is 2.01. The van der Waals surface area contributed by atoms with Gasteiger partial charge in [0.25, 0.3) is 0 Å². The van der Waals surface area contributed by atoms with E-state index in [0.29, 0.717) is 11.2 Å². The van der Waals surface area contributed by atoms with Crippen molar-refractivity contribution in [1.82, 2.24) is 19.9 Å². The van der Waals surface area contributed by atoms with Crippen LogP contribution in [-0.2, 0) is 0 Å². The summed E-state index contributed by atoms with van der Waals surface area (Å²) in [5, 5.41) is 9.50. The lowest BCUT2D eigenvalue weighted by Crippen LogP contribution is -2.05. The van der Waals surface area contributed by atoms with E-state index >= 15 is 0 Å². The minimum absolute atomic E-state index is 0.0262. The number of pyridine rings is 1. The summed E-state index contributed by atoms with van der Waals surface area (Å²) >= 11 is 0. The maximum Gasteiger partial charge on any atom is 0.232 e. The van der Waals surface area contributed by atoms with Gasteiger partial charge in [0.15, 0.2) is 17.3 Å². The number of aromatic nitrogens is 4. The highest BCUT2D eigenvalue weighted by Crippen LogP contribution is 2.45. The summed E-state index contributed by atoms with van der Waals surface area (Å²) < 4.78 is 27.7. The molecule has 114 valence electrons. The van der Waals surface area contributed by atoms with Gasteiger partial charge in [0, 0.05) is 17.3 Å². The molecule has 1 fully saturated rings. The lowest BCUT2D eigenvalue weighted by Gasteiger charge is -2.10. The van der Waals surface area contributed by atoms with Crippen molar-refractivity contribution < 1.29 is 8.78 Å². The van der Waals surface area contributed by atoms with Crippen molar-refractivity contribution in [1.29, 1.82) is 5.26 Å². The second kappa shape index (κ2) is 4.71. The van der Waals surface area contributed by atoms with Crippen molar-refractivity contribution in [2.75, 3.05) is 5.73 Å². The van der Waals surface area contributed by atoms with E-state index < -0.39 is 11.8 Å². The summed E-state index contributed by atoms with van der Waals surface area (Å²) in [6.07, 6.45) is 4.10. The Morgan fingerprint density at radius 3 is 2.78 bits per heavy atom. The lowest BCUT2D eigenvalue weighted by atomic mass is 9.99. The van der Waals surface area contributed by atoms with E-state index in [1.807, 2.05) is 6.07 Å². The minimum Gasteiger partial charge on any atom is -0.381 e. The van der Waals surface area contributed by atoms with E-state index in [0.717, 1.165) is 19.0 Å². The van der Waals surface area contributed by atoms with Crippen molar-refractivity contribution in [2.24, 2.45) is 0 Å². The molecule has 0 atom stereocenters. The van der Waals surface area contributed by atoms with Gasteiger partial charge in [0.1, 0.15) is 11.6 Å². The molecule has 0 aromatic carbocycles. The molecule has 0 radical (unpaired) electrons. The van der Waals surface area contributed by atoms with E-state index in [9.17, 15) is 14.0 Å². The molecule has 1 saturated carbocycles. The number of hydrogen-bond acceptors (Lipinski definition) is 5. The zero-order valence-electron chi connectivity index (χ0n) is 11.8. The molecule has 23 heavy (non-hydrogen) atoms. The van der Waals surface area contributed by atoms with Crippen LogP contribution in [0.25, 0.3) is 22.4 Å². The summed E-state index contributed by atoms with van der Waals surface area (Å²) in [6, 6.07) is 2.01. The molecule has 4 rings (SSSR count). The standard InChI is InChI=1S/C15H10F2N6/c16-9-5-21-15-13(22-9)8(4-20-15)12-7(3-18)10(6-1-2-6)11(17)14(19)23-12/h4-6H,1-2H2,(H2,19,23)(H,20,21). The fraction of sp³-hybridized carbons (Fsp3) is 0.200. The zero-order valence-corrected chi connectivity index (χ0v) is 11.8. The molecule has 1 aliphatic carbocycles. The lowest BCUT2D eigenvalue weighted by molar-refractivity contribution is 0.583. The number of H-pyrrole nitrogens is 1. The van der Waals surface area contributed by atoms with Crippen LogP contribution in [0.2, 0.25) is 0 Å². The molecular formula is C15H10F2N6. The quantitative estimate of drug-likeness (QED) is 0.757. The van der Waals surface area contributed by atoms with Gasteiger partial charge in [-0.05, 0) is 18.8 Å². The molecule has 1 aliphatic rings. The number of halogens is 2. The SMILES string of the molecule is N#Cc1c(-c2c[nH]c3ncc(F)nc23)nc(N)c(F)c1C1CC1.